The van der Waals surface area contributed by atoms with Crippen molar-refractivity contribution in [1.82, 2.24) is 5.01 Å². The minimum atomic E-state index is -0.181. The molecule has 4 rings (SSSR count). The van der Waals surface area contributed by atoms with Gasteiger partial charge in [0.05, 0.1) is 18.1 Å². The van der Waals surface area contributed by atoms with E-state index in [4.69, 9.17) is 0 Å². The molecule has 4 nitrogen and oxygen atoms in total. The third-order valence-corrected chi connectivity index (χ3v) is 5.65. The molecule has 1 aliphatic heterocycles. The quantitative estimate of drug-likeness (QED) is 0.336. The lowest BCUT2D eigenvalue weighted by Crippen LogP contribution is -2.28. The molecular formula is C16H13IN2O2. The number of rotatable bonds is 2. The van der Waals surface area contributed by atoms with Crippen molar-refractivity contribution in [2.24, 2.45) is 28.8 Å². The Labute approximate surface area is 136 Å². The predicted octanol–water partition coefficient (Wildman–Crippen LogP) is 2.43. The van der Waals surface area contributed by atoms with Crippen LogP contribution in [0.2, 0.25) is 0 Å². The molecule has 0 radical (unpaired) electrons. The monoisotopic (exact) mass is 392 g/mol. The molecule has 2 fully saturated rings. The topological polar surface area (TPSA) is 49.7 Å². The Balaban J connectivity index is 1.62. The zero-order chi connectivity index (χ0) is 14.6. The van der Waals surface area contributed by atoms with Gasteiger partial charge in [-0.3, -0.25) is 9.59 Å². The van der Waals surface area contributed by atoms with Gasteiger partial charge in [0.2, 0.25) is 0 Å². The summed E-state index contributed by atoms with van der Waals surface area (Å²) >= 11 is 2.21. The first-order valence-electron chi connectivity index (χ1n) is 7.01. The number of fused-ring (bicyclic) bond motifs is 5. The van der Waals surface area contributed by atoms with Gasteiger partial charge in [0, 0.05) is 9.13 Å². The summed E-state index contributed by atoms with van der Waals surface area (Å²) in [5.74, 6) is -0.172. The van der Waals surface area contributed by atoms with Gasteiger partial charge in [-0.15, -0.1) is 0 Å². The highest BCUT2D eigenvalue weighted by molar-refractivity contribution is 14.1. The van der Waals surface area contributed by atoms with E-state index in [0.29, 0.717) is 0 Å². The maximum atomic E-state index is 12.4. The van der Waals surface area contributed by atoms with Crippen molar-refractivity contribution >= 4 is 40.6 Å². The second-order valence-electron chi connectivity index (χ2n) is 5.75. The average molecular weight is 392 g/mol. The Kier molecular flexibility index (Phi) is 2.99. The fourth-order valence-corrected chi connectivity index (χ4v) is 4.23. The summed E-state index contributed by atoms with van der Waals surface area (Å²) in [5, 5.41) is 5.26. The van der Waals surface area contributed by atoms with Gasteiger partial charge < -0.3 is 0 Å². The smallest absolute Gasteiger partial charge is 0.254 e. The van der Waals surface area contributed by atoms with Gasteiger partial charge in [-0.05, 0) is 46.9 Å². The SMILES string of the molecule is O=C1[C@@H]2[C@H](C(=O)N1/N=C\c1ccccc1I)[C@@H]1C=C[C@H]2C1. The van der Waals surface area contributed by atoms with Crippen molar-refractivity contribution in [3.05, 3.63) is 45.6 Å². The second kappa shape index (κ2) is 4.76. The number of nitrogens with zero attached hydrogens (tertiary/aromatic N) is 2. The number of benzene rings is 1. The highest BCUT2D eigenvalue weighted by Crippen LogP contribution is 2.52. The standard InChI is InChI=1S/C16H13IN2O2/c17-12-4-2-1-3-11(12)8-18-19-15(20)13-9-5-6-10(7-9)14(13)16(19)21/h1-6,8-10,13-14H,7H2/b18-8-/t9-,10+,13-,14+. The Morgan fingerprint density at radius 1 is 1.10 bits per heavy atom. The van der Waals surface area contributed by atoms with E-state index in [2.05, 4.69) is 39.8 Å². The molecule has 106 valence electrons. The molecule has 1 aromatic carbocycles. The van der Waals surface area contributed by atoms with Crippen LogP contribution in [-0.2, 0) is 9.59 Å². The van der Waals surface area contributed by atoms with Crippen molar-refractivity contribution in [3.63, 3.8) is 0 Å². The highest BCUT2D eigenvalue weighted by Gasteiger charge is 2.59. The Bertz CT molecular complexity index is 667. The fraction of sp³-hybridized carbons (Fsp3) is 0.312. The van der Waals surface area contributed by atoms with Crippen LogP contribution in [0.15, 0.2) is 41.5 Å². The number of hydrogen-bond donors (Lipinski definition) is 0. The lowest BCUT2D eigenvalue weighted by molar-refractivity contribution is -0.140. The number of halogens is 1. The molecule has 2 bridgehead atoms. The fourth-order valence-electron chi connectivity index (χ4n) is 3.70. The number of amides is 2. The molecule has 0 N–H and O–H groups in total. The van der Waals surface area contributed by atoms with E-state index >= 15 is 0 Å². The molecule has 1 aromatic rings. The number of carbonyl (C=O) groups is 2. The van der Waals surface area contributed by atoms with E-state index in [1.165, 1.54) is 0 Å². The molecule has 0 spiro atoms. The van der Waals surface area contributed by atoms with Crippen LogP contribution >= 0.6 is 22.6 Å². The largest absolute Gasteiger partial charge is 0.272 e. The first kappa shape index (κ1) is 13.2. The lowest BCUT2D eigenvalue weighted by Gasteiger charge is -2.13. The van der Waals surface area contributed by atoms with Crippen LogP contribution in [0.3, 0.4) is 0 Å². The molecule has 0 unspecified atom stereocenters. The number of allylic oxidation sites excluding steroid dienone is 2. The Hall–Kier alpha value is -1.50. The number of carbonyl (C=O) groups excluding carboxylic acids is 2. The van der Waals surface area contributed by atoms with Crippen molar-refractivity contribution in [1.29, 1.82) is 0 Å². The average Bonchev–Trinajstić information content (AvgIpc) is 3.14. The van der Waals surface area contributed by atoms with Gasteiger partial charge in [0.1, 0.15) is 0 Å². The summed E-state index contributed by atoms with van der Waals surface area (Å²) in [6.07, 6.45) is 6.73. The number of imide groups is 1. The summed E-state index contributed by atoms with van der Waals surface area (Å²) in [6, 6.07) is 7.74. The first-order valence-corrected chi connectivity index (χ1v) is 8.09. The van der Waals surface area contributed by atoms with Gasteiger partial charge in [-0.25, -0.2) is 0 Å². The third-order valence-electron chi connectivity index (χ3n) is 4.66. The summed E-state index contributed by atoms with van der Waals surface area (Å²) in [7, 11) is 0. The predicted molar refractivity (Wildman–Crippen MR) is 86.3 cm³/mol. The Morgan fingerprint density at radius 3 is 2.33 bits per heavy atom. The third kappa shape index (κ3) is 1.90. The van der Waals surface area contributed by atoms with Gasteiger partial charge >= 0.3 is 0 Å². The molecular weight excluding hydrogens is 379 g/mol. The van der Waals surface area contributed by atoms with Crippen molar-refractivity contribution in [2.45, 2.75) is 6.42 Å². The van der Waals surface area contributed by atoms with Crippen LogP contribution in [-0.4, -0.2) is 23.0 Å². The van der Waals surface area contributed by atoms with Gasteiger partial charge in [0.25, 0.3) is 11.8 Å². The van der Waals surface area contributed by atoms with Crippen molar-refractivity contribution in [3.8, 4) is 0 Å². The Morgan fingerprint density at radius 2 is 1.71 bits per heavy atom. The molecule has 5 heteroatoms. The molecule has 4 atom stereocenters. The minimum absolute atomic E-state index is 0.135. The molecule has 2 aliphatic carbocycles. The zero-order valence-electron chi connectivity index (χ0n) is 11.1. The van der Waals surface area contributed by atoms with E-state index in [-0.39, 0.29) is 35.5 Å². The van der Waals surface area contributed by atoms with E-state index in [9.17, 15) is 9.59 Å². The van der Waals surface area contributed by atoms with Crippen molar-refractivity contribution in [2.75, 3.05) is 0 Å². The van der Waals surface area contributed by atoms with Gasteiger partial charge in [0.15, 0.2) is 0 Å². The highest BCUT2D eigenvalue weighted by atomic mass is 127. The van der Waals surface area contributed by atoms with E-state index in [0.717, 1.165) is 20.6 Å². The lowest BCUT2D eigenvalue weighted by atomic mass is 9.85. The molecule has 0 aromatic heterocycles. The maximum absolute atomic E-state index is 12.4. The normalized spacial score (nSPS) is 33.5. The molecule has 21 heavy (non-hydrogen) atoms. The van der Waals surface area contributed by atoms with E-state index in [1.54, 1.807) is 6.21 Å². The number of hydrazone groups is 1. The summed E-state index contributed by atoms with van der Waals surface area (Å²) in [5.41, 5.74) is 0.914. The van der Waals surface area contributed by atoms with Gasteiger partial charge in [-0.2, -0.15) is 10.1 Å². The zero-order valence-corrected chi connectivity index (χ0v) is 13.3. The van der Waals surface area contributed by atoms with E-state index in [1.807, 2.05) is 24.3 Å². The molecule has 1 saturated carbocycles. The second-order valence-corrected chi connectivity index (χ2v) is 6.92. The molecule has 2 amide bonds. The van der Waals surface area contributed by atoms with Crippen LogP contribution in [0.1, 0.15) is 12.0 Å². The molecule has 1 saturated heterocycles. The van der Waals surface area contributed by atoms with E-state index < -0.39 is 0 Å². The van der Waals surface area contributed by atoms with Crippen LogP contribution < -0.4 is 0 Å². The summed E-state index contributed by atoms with van der Waals surface area (Å²) in [4.78, 5) is 24.9. The van der Waals surface area contributed by atoms with Crippen LogP contribution in [0, 0.1) is 27.2 Å². The molecule has 1 heterocycles. The van der Waals surface area contributed by atoms with Crippen LogP contribution in [0.25, 0.3) is 0 Å². The summed E-state index contributed by atoms with van der Waals surface area (Å²) in [6.45, 7) is 0. The van der Waals surface area contributed by atoms with Crippen LogP contribution in [0.5, 0.6) is 0 Å². The van der Waals surface area contributed by atoms with Gasteiger partial charge in [-0.1, -0.05) is 30.4 Å². The maximum Gasteiger partial charge on any atom is 0.254 e. The number of hydrogen-bond acceptors (Lipinski definition) is 3. The van der Waals surface area contributed by atoms with Crippen LogP contribution in [0.4, 0.5) is 0 Å². The summed E-state index contributed by atoms with van der Waals surface area (Å²) < 4.78 is 1.04. The van der Waals surface area contributed by atoms with Crippen molar-refractivity contribution < 1.29 is 9.59 Å². The minimum Gasteiger partial charge on any atom is -0.272 e. The molecule has 3 aliphatic rings. The first-order chi connectivity index (χ1) is 10.2.